The average Bonchev–Trinajstić information content (AvgIpc) is 2.69. The molecule has 152 valence electrons. The largest absolute Gasteiger partial charge is 0.303 e. The average molecular weight is 400 g/mol. The summed E-state index contributed by atoms with van der Waals surface area (Å²) in [5.74, 6) is 0.593. The molecule has 0 aromatic heterocycles. The van der Waals surface area contributed by atoms with Gasteiger partial charge in [-0.15, -0.1) is 0 Å². The van der Waals surface area contributed by atoms with E-state index in [9.17, 15) is 8.42 Å². The summed E-state index contributed by atoms with van der Waals surface area (Å²) < 4.78 is 25.2. The fourth-order valence-corrected chi connectivity index (χ4v) is 5.72. The van der Waals surface area contributed by atoms with E-state index in [0.29, 0.717) is 17.2 Å². The number of hydrogen-bond donors (Lipinski definition) is 0. The standard InChI is InChI=1S/C24H33NO2S/c1-20-12-14-21(15-13-20)22-9-7-17-25(19-22)18-8-16-24(2,3)28(26,27)23-10-5-4-6-11-23/h4-6,10-15,22H,7-9,16-19H2,1-3H3. The molecule has 1 aliphatic heterocycles. The van der Waals surface area contributed by atoms with Gasteiger partial charge in [-0.25, -0.2) is 8.42 Å². The molecular weight excluding hydrogens is 366 g/mol. The number of rotatable bonds is 7. The van der Waals surface area contributed by atoms with Crippen LogP contribution in [-0.4, -0.2) is 37.7 Å². The first-order valence-electron chi connectivity index (χ1n) is 10.4. The Bertz CT molecular complexity index is 857. The van der Waals surface area contributed by atoms with Gasteiger partial charge in [0.1, 0.15) is 0 Å². The molecule has 2 aromatic carbocycles. The zero-order valence-electron chi connectivity index (χ0n) is 17.4. The summed E-state index contributed by atoms with van der Waals surface area (Å²) >= 11 is 0. The van der Waals surface area contributed by atoms with E-state index in [4.69, 9.17) is 0 Å². The summed E-state index contributed by atoms with van der Waals surface area (Å²) in [4.78, 5) is 2.94. The van der Waals surface area contributed by atoms with Crippen molar-refractivity contribution in [3.05, 3.63) is 65.7 Å². The monoisotopic (exact) mass is 399 g/mol. The summed E-state index contributed by atoms with van der Waals surface area (Å²) in [6, 6.07) is 17.8. The van der Waals surface area contributed by atoms with Crippen molar-refractivity contribution in [1.82, 2.24) is 4.90 Å². The molecule has 0 bridgehead atoms. The van der Waals surface area contributed by atoms with Crippen LogP contribution in [0.15, 0.2) is 59.5 Å². The lowest BCUT2D eigenvalue weighted by molar-refractivity contribution is 0.202. The number of likely N-dealkylation sites (tertiary alicyclic amines) is 1. The molecule has 0 radical (unpaired) electrons. The lowest BCUT2D eigenvalue weighted by Crippen LogP contribution is -2.37. The normalized spacial score (nSPS) is 18.9. The van der Waals surface area contributed by atoms with Crippen molar-refractivity contribution < 1.29 is 8.42 Å². The predicted molar refractivity (Wildman–Crippen MR) is 117 cm³/mol. The second-order valence-corrected chi connectivity index (χ2v) is 11.3. The third kappa shape index (κ3) is 4.84. The molecule has 1 unspecified atom stereocenters. The minimum absolute atomic E-state index is 0.428. The Morgan fingerprint density at radius 2 is 1.71 bits per heavy atom. The van der Waals surface area contributed by atoms with Gasteiger partial charge in [-0.3, -0.25) is 0 Å². The van der Waals surface area contributed by atoms with Crippen LogP contribution in [0.4, 0.5) is 0 Å². The van der Waals surface area contributed by atoms with Crippen molar-refractivity contribution in [2.24, 2.45) is 0 Å². The lowest BCUT2D eigenvalue weighted by Gasteiger charge is -2.34. The third-order valence-corrected chi connectivity index (χ3v) is 8.64. The van der Waals surface area contributed by atoms with Crippen molar-refractivity contribution in [3.8, 4) is 0 Å². The molecule has 1 saturated heterocycles. The van der Waals surface area contributed by atoms with Crippen LogP contribution in [0.5, 0.6) is 0 Å². The van der Waals surface area contributed by atoms with Crippen molar-refractivity contribution in [2.75, 3.05) is 19.6 Å². The Balaban J connectivity index is 1.56. The van der Waals surface area contributed by atoms with Crippen molar-refractivity contribution in [2.45, 2.75) is 62.0 Å². The quantitative estimate of drug-likeness (QED) is 0.641. The van der Waals surface area contributed by atoms with Gasteiger partial charge in [0.15, 0.2) is 9.84 Å². The fourth-order valence-electron chi connectivity index (χ4n) is 4.15. The second kappa shape index (κ2) is 8.79. The second-order valence-electron chi connectivity index (χ2n) is 8.73. The van der Waals surface area contributed by atoms with Crippen LogP contribution in [0.1, 0.15) is 56.6 Å². The van der Waals surface area contributed by atoms with E-state index in [2.05, 4.69) is 36.1 Å². The van der Waals surface area contributed by atoms with E-state index in [1.807, 2.05) is 19.9 Å². The molecule has 1 fully saturated rings. The van der Waals surface area contributed by atoms with E-state index in [1.165, 1.54) is 24.0 Å². The maximum Gasteiger partial charge on any atom is 0.183 e. The van der Waals surface area contributed by atoms with Crippen LogP contribution in [0.25, 0.3) is 0 Å². The molecule has 3 rings (SSSR count). The highest BCUT2D eigenvalue weighted by molar-refractivity contribution is 7.92. The molecule has 0 saturated carbocycles. The summed E-state index contributed by atoms with van der Waals surface area (Å²) in [6.45, 7) is 9.02. The minimum Gasteiger partial charge on any atom is -0.303 e. The lowest BCUT2D eigenvalue weighted by atomic mass is 9.90. The smallest absolute Gasteiger partial charge is 0.183 e. The highest BCUT2D eigenvalue weighted by Crippen LogP contribution is 2.31. The summed E-state index contributed by atoms with van der Waals surface area (Å²) in [6.07, 6.45) is 4.04. The molecule has 28 heavy (non-hydrogen) atoms. The van der Waals surface area contributed by atoms with Gasteiger partial charge in [-0.2, -0.15) is 0 Å². The Hall–Kier alpha value is -1.65. The van der Waals surface area contributed by atoms with Gasteiger partial charge in [-0.1, -0.05) is 48.0 Å². The highest BCUT2D eigenvalue weighted by atomic mass is 32.2. The van der Waals surface area contributed by atoms with Crippen molar-refractivity contribution >= 4 is 9.84 Å². The maximum atomic E-state index is 13.0. The van der Waals surface area contributed by atoms with Crippen LogP contribution in [0.3, 0.4) is 0 Å². The Morgan fingerprint density at radius 1 is 1.04 bits per heavy atom. The number of piperidine rings is 1. The molecule has 1 heterocycles. The molecule has 0 amide bonds. The Labute approximate surface area is 170 Å². The van der Waals surface area contributed by atoms with Crippen LogP contribution in [-0.2, 0) is 9.84 Å². The van der Waals surface area contributed by atoms with Gasteiger partial charge in [0.05, 0.1) is 9.64 Å². The SMILES string of the molecule is Cc1ccc(C2CCCN(CCCC(C)(C)S(=O)(=O)c3ccccc3)C2)cc1. The Kier molecular flexibility index (Phi) is 6.61. The summed E-state index contributed by atoms with van der Waals surface area (Å²) in [7, 11) is -3.32. The van der Waals surface area contributed by atoms with E-state index in [-0.39, 0.29) is 0 Å². The third-order valence-electron chi connectivity index (χ3n) is 6.09. The van der Waals surface area contributed by atoms with E-state index >= 15 is 0 Å². The van der Waals surface area contributed by atoms with E-state index in [0.717, 1.165) is 26.1 Å². The molecule has 0 N–H and O–H groups in total. The van der Waals surface area contributed by atoms with Gasteiger partial charge >= 0.3 is 0 Å². The zero-order valence-corrected chi connectivity index (χ0v) is 18.2. The molecule has 1 atom stereocenters. The molecule has 3 nitrogen and oxygen atoms in total. The molecule has 0 spiro atoms. The van der Waals surface area contributed by atoms with Crippen LogP contribution in [0.2, 0.25) is 0 Å². The zero-order chi connectivity index (χ0) is 20.2. The topological polar surface area (TPSA) is 37.4 Å². The van der Waals surface area contributed by atoms with Gasteiger partial charge in [0, 0.05) is 6.54 Å². The molecule has 4 heteroatoms. The van der Waals surface area contributed by atoms with Crippen molar-refractivity contribution in [3.63, 3.8) is 0 Å². The van der Waals surface area contributed by atoms with Crippen molar-refractivity contribution in [1.29, 1.82) is 0 Å². The number of hydrogen-bond acceptors (Lipinski definition) is 3. The minimum atomic E-state index is -3.32. The van der Waals surface area contributed by atoms with Crippen LogP contribution in [0, 0.1) is 6.92 Å². The maximum absolute atomic E-state index is 13.0. The molecule has 2 aromatic rings. The number of sulfone groups is 1. The van der Waals surface area contributed by atoms with Crippen LogP contribution >= 0.6 is 0 Å². The summed E-state index contributed by atoms with van der Waals surface area (Å²) in [5, 5.41) is 0. The first-order valence-corrected chi connectivity index (χ1v) is 11.9. The first-order chi connectivity index (χ1) is 13.3. The van der Waals surface area contributed by atoms with Gasteiger partial charge in [-0.05, 0) is 83.2 Å². The van der Waals surface area contributed by atoms with Gasteiger partial charge in [0.2, 0.25) is 0 Å². The fraction of sp³-hybridized carbons (Fsp3) is 0.500. The molecular formula is C24H33NO2S. The van der Waals surface area contributed by atoms with Crippen LogP contribution < -0.4 is 0 Å². The summed E-state index contributed by atoms with van der Waals surface area (Å²) in [5.41, 5.74) is 2.74. The molecule has 0 aliphatic carbocycles. The Morgan fingerprint density at radius 3 is 2.39 bits per heavy atom. The van der Waals surface area contributed by atoms with E-state index in [1.54, 1.807) is 24.3 Å². The number of aryl methyl sites for hydroxylation is 1. The predicted octanol–water partition coefficient (Wildman–Crippen LogP) is 5.21. The number of benzene rings is 2. The van der Waals surface area contributed by atoms with Gasteiger partial charge in [0.25, 0.3) is 0 Å². The first kappa shape index (κ1) is 21.1. The highest BCUT2D eigenvalue weighted by Gasteiger charge is 2.35. The van der Waals surface area contributed by atoms with Gasteiger partial charge < -0.3 is 4.90 Å². The van der Waals surface area contributed by atoms with E-state index < -0.39 is 14.6 Å². The number of nitrogens with zero attached hydrogens (tertiary/aromatic N) is 1. The molecule has 1 aliphatic rings.